The number of amides is 2. The predicted molar refractivity (Wildman–Crippen MR) is 543 cm³/mol. The summed E-state index contributed by atoms with van der Waals surface area (Å²) in [5.74, 6) is 2.93. The van der Waals surface area contributed by atoms with Gasteiger partial charge in [0.15, 0.2) is 17.9 Å². The Bertz CT molecular complexity index is 3310. The molecule has 1 heterocycles. The van der Waals surface area contributed by atoms with Crippen LogP contribution in [0.4, 0.5) is 10.5 Å². The van der Waals surface area contributed by atoms with Crippen molar-refractivity contribution in [1.82, 2.24) is 20.4 Å². The molecule has 1 aliphatic heterocycles. The number of carbonyl (C=O) groups is 10. The molecule has 2 amide bonds. The summed E-state index contributed by atoms with van der Waals surface area (Å²) in [6, 6.07) is 30.4. The average molecular weight is 2280 g/mol. The fourth-order valence-corrected chi connectivity index (χ4v) is 11.3. The number of halogens is 8. The van der Waals surface area contributed by atoms with E-state index in [9.17, 15) is 47.9 Å². The number of anilines is 1. The number of aromatic carboxylic acids is 1. The van der Waals surface area contributed by atoms with Gasteiger partial charge in [0.2, 0.25) is 15.1 Å². The Morgan fingerprint density at radius 3 is 1.24 bits per heavy atom. The number of aliphatic hydroxyl groups is 1. The Morgan fingerprint density at radius 2 is 0.901 bits per heavy atom. The molecule has 0 bridgehead atoms. The van der Waals surface area contributed by atoms with Crippen molar-refractivity contribution in [3.05, 3.63) is 134 Å². The van der Waals surface area contributed by atoms with E-state index in [1.54, 1.807) is 29.2 Å². The molecule has 0 radical (unpaired) electrons. The summed E-state index contributed by atoms with van der Waals surface area (Å²) in [5, 5.41) is 29.6. The van der Waals surface area contributed by atoms with Crippen LogP contribution in [0.5, 0.6) is 0 Å². The van der Waals surface area contributed by atoms with Crippen molar-refractivity contribution in [1.29, 1.82) is 0 Å². The standard InChI is InChI=1S/C16H22BrNO3.C16H25NO2.C9H19NO2.C8H17NO2.C8H11N.C7H5BrO2.C7H15NO2.C7H13NO.C7H12O.C3H4Cl2O2.CH4O.Ba.Cl2OS.2ClH.H3NO2S.2H2O/c1-18(12-6-4-3-5-7-15(19)21-2)16(20)13-8-10-14(17)11-9-13;1-17(14-15-10-6-5-7-11-15)13-9-4-3-8-12-16(18)19-2;1-10-8-6-4-3-5-7-9(11)12-2;1-11-8(10)6-4-2-3-5-7-9;1-6-4-3-5-7(2)8(6)9;8-6-3-1-5(2-4-6)7(9)10;8-6-4-2-1-3-5-7(9)10;9-7-5-3-1-2-4-6-8-7;8-7-5-3-1-2-4-6-7;1-2(4)7-3(5)6;1-2;;1-4(2)3;;;1-3-4-2;;/h8-11H,3-7,12H2,1-2H3;5-7,10-11H,3-4,8-9,12-14H2,1-2H3;10H,3-8H2,1-2H3;2-7,9H2,1H3;3-5H,9H2,1-2H3;1-4H,(H,9,10);1-6,8H2,(H,9,10);1-6H2,(H,8,9);1-6H2;2H,1H3;2H,1H3;;;2*1H;2H,1H2;2*1H2/q;;;;;;;;;;;+2;;;;;;/p-2. The summed E-state index contributed by atoms with van der Waals surface area (Å²) in [6.45, 7) is 11.8. The number of carbonyl (C=O) groups excluding carboxylic acids is 8. The molecule has 1 saturated heterocycles. The van der Waals surface area contributed by atoms with Gasteiger partial charge in [-0.2, -0.15) is 5.90 Å². The van der Waals surface area contributed by atoms with Crippen molar-refractivity contribution in [2.75, 3.05) is 102 Å². The zero-order valence-electron chi connectivity index (χ0n) is 78.7. The molecule has 31 nitrogen and oxygen atoms in total. The summed E-state index contributed by atoms with van der Waals surface area (Å²) in [7, 11) is 20.0. The van der Waals surface area contributed by atoms with Gasteiger partial charge in [-0.1, -0.05) is 182 Å². The number of Topliss-reactive ketones (excluding diaryl/α,β-unsaturated/α-hetero) is 1. The van der Waals surface area contributed by atoms with Gasteiger partial charge in [-0.05, 0) is 216 Å². The molecule has 1 saturated carbocycles. The van der Waals surface area contributed by atoms with Crippen molar-refractivity contribution in [2.24, 2.45) is 17.4 Å². The third kappa shape index (κ3) is 122. The molecule has 0 spiro atoms. The second kappa shape index (κ2) is 116. The molecule has 2 aliphatic rings. The molecule has 16 N–H and O–H groups in total. The fraction of sp³-hybridized carbons (Fsp3) is 0.618. The van der Waals surface area contributed by atoms with Gasteiger partial charge >= 0.3 is 90.1 Å². The summed E-state index contributed by atoms with van der Waals surface area (Å²) < 4.78 is 44.3. The van der Waals surface area contributed by atoms with Crippen LogP contribution in [0.25, 0.3) is 0 Å². The Kier molecular flexibility index (Phi) is 135. The van der Waals surface area contributed by atoms with Crippen LogP contribution in [0.15, 0.2) is 106 Å². The molecule has 4 aromatic carbocycles. The number of nitrogens with one attached hydrogen (secondary N) is 2. The van der Waals surface area contributed by atoms with E-state index in [2.05, 4.69) is 134 Å². The second-order valence-corrected chi connectivity index (χ2v) is 33.6. The van der Waals surface area contributed by atoms with E-state index in [1.807, 2.05) is 76.5 Å². The van der Waals surface area contributed by atoms with Gasteiger partial charge in [-0.3, -0.25) is 38.4 Å². The number of methoxy groups -OCH3 is 4. The number of alkyl halides is 1. The predicted octanol–water partition coefficient (Wildman–Crippen LogP) is 20.0. The van der Waals surface area contributed by atoms with Gasteiger partial charge < -0.3 is 92.1 Å². The van der Waals surface area contributed by atoms with E-state index in [0.717, 1.165) is 220 Å². The van der Waals surface area contributed by atoms with Gasteiger partial charge in [0.1, 0.15) is 5.78 Å². The first-order chi connectivity index (χ1) is 60.1. The van der Waals surface area contributed by atoms with Gasteiger partial charge in [0.05, 0.1) is 34.0 Å². The average Bonchev–Trinajstić information content (AvgIpc) is 1.08. The third-order valence-corrected chi connectivity index (χ3v) is 18.7. The van der Waals surface area contributed by atoms with E-state index >= 15 is 0 Å². The Morgan fingerprint density at radius 1 is 0.550 bits per heavy atom. The van der Waals surface area contributed by atoms with E-state index in [1.165, 1.54) is 92.3 Å². The largest absolute Gasteiger partial charge is 2.00 e. The van der Waals surface area contributed by atoms with Gasteiger partial charge in [0.25, 0.3) is 5.91 Å². The normalized spacial score (nSPS) is 11.1. The van der Waals surface area contributed by atoms with Crippen LogP contribution in [0.2, 0.25) is 0 Å². The summed E-state index contributed by atoms with van der Waals surface area (Å²) in [4.78, 5) is 111. The van der Waals surface area contributed by atoms with Crippen molar-refractivity contribution in [2.45, 2.75) is 264 Å². The fourth-order valence-electron chi connectivity index (χ4n) is 10.5. The van der Waals surface area contributed by atoms with Crippen LogP contribution in [-0.2, 0) is 77.3 Å². The molecule has 1 aliphatic carbocycles. The molecule has 2 fully saturated rings. The maximum Gasteiger partial charge on any atom is 2.00 e. The van der Waals surface area contributed by atoms with Crippen LogP contribution in [-0.4, -0.2) is 254 Å². The maximum absolute atomic E-state index is 12.2. The number of aliphatic hydroxyl groups excluding tert-OH is 1. The number of nitrogens with two attached hydrogens (primary N) is 4. The van der Waals surface area contributed by atoms with Crippen molar-refractivity contribution < 1.29 is 111 Å². The molecule has 42 heteroatoms. The van der Waals surface area contributed by atoms with Crippen LogP contribution in [0.1, 0.15) is 275 Å². The number of carboxylic acid groups (broad SMARTS) is 2. The van der Waals surface area contributed by atoms with Gasteiger partial charge in [0, 0.05) is 138 Å². The molecular formula is C89H154BaBr2Cl6N8O23S2. The maximum atomic E-state index is 12.2. The number of nitrogens with zero attached hydrogens (tertiary/aromatic N) is 2. The summed E-state index contributed by atoms with van der Waals surface area (Å²) in [5.41, 5.74) is 20.3. The Labute approximate surface area is 876 Å². The first-order valence-electron chi connectivity index (χ1n) is 42.4. The number of aryl methyl sites for hydroxylation is 2. The minimum Gasteiger partial charge on any atom is -0.870 e. The monoisotopic (exact) mass is 2270 g/mol. The van der Waals surface area contributed by atoms with Crippen molar-refractivity contribution in [3.8, 4) is 0 Å². The number of rotatable bonds is 39. The Hall–Kier alpha value is -4.05. The minimum atomic E-state index is -1.67. The number of aliphatic carboxylic acids is 1. The minimum absolute atomic E-state index is 0. The molecule has 131 heavy (non-hydrogen) atoms. The SMILES string of the molecule is CC(Cl)OC(=O)Cl.CNCCCCCCC(=O)OC.CO.COC(=O)CCCCCCN.COC(=O)CCCCCCN(C)C(=O)c1ccc(Br)cc1.COC(=O)CCCCCCN(C)Cc1ccccc1.Cc1cccc(C)c1N.Cl.Cl.NCCCCCCC(=O)O.NOSO.O=C(O)c1ccc(Br)cc1.O=C1CCCCCC1.O=C1CCCCCCN1.O=S(Cl)Cl.[Ba+2].[OH-].[OH-]. The third-order valence-electron chi connectivity index (χ3n) is 17.4. The number of unbranched alkanes of at least 4 members (excludes halogenated alkanes) is 15. The molecular weight excluding hydrogens is 2120 g/mol. The number of esters is 4. The quantitative estimate of drug-likeness (QED) is 0.00189. The number of hydrogen-bond donors (Lipinski definition) is 10. The summed E-state index contributed by atoms with van der Waals surface area (Å²) >= 11 is 16.6. The summed E-state index contributed by atoms with van der Waals surface area (Å²) in [6.07, 6.45) is 35.1. The smallest absolute Gasteiger partial charge is 0.870 e. The molecule has 1 atom stereocenters. The number of ether oxygens (including phenoxy) is 5. The van der Waals surface area contributed by atoms with Crippen LogP contribution in [0.3, 0.4) is 0 Å². The first-order valence-corrected chi connectivity index (χ1v) is 48.3. The zero-order chi connectivity index (χ0) is 96.8. The van der Waals surface area contributed by atoms with E-state index in [0.29, 0.717) is 55.6 Å². The first kappa shape index (κ1) is 152. The van der Waals surface area contributed by atoms with E-state index in [4.69, 9.17) is 64.5 Å². The number of benzene rings is 4. The van der Waals surface area contributed by atoms with Crippen LogP contribution in [0, 0.1) is 13.8 Å². The number of carboxylic acids is 2. The molecule has 6 rings (SSSR count). The number of nitrogen functional groups attached to an aromatic ring is 1. The molecule has 1 unspecified atom stereocenters. The van der Waals surface area contributed by atoms with Crippen LogP contribution >= 0.6 is 114 Å². The van der Waals surface area contributed by atoms with Gasteiger partial charge in [-0.25, -0.2) is 18.1 Å². The van der Waals surface area contributed by atoms with E-state index in [-0.39, 0.29) is 133 Å². The number of ketones is 1. The number of hydrogen-bond acceptors (Lipinski definition) is 28. The molecule has 0 aromatic heterocycles. The van der Waals surface area contributed by atoms with Crippen molar-refractivity contribution >= 4 is 236 Å². The second-order valence-electron chi connectivity index (χ2n) is 28.0. The molecule has 758 valence electrons. The number of para-hydroxylation sites is 1. The van der Waals surface area contributed by atoms with E-state index < -0.39 is 32.2 Å². The van der Waals surface area contributed by atoms with Gasteiger partial charge in [-0.15, -0.1) is 24.8 Å². The van der Waals surface area contributed by atoms with Crippen LogP contribution < -0.4 is 33.7 Å². The Balaban J connectivity index is -0.000000120. The molecule has 4 aromatic rings. The topological polar surface area (TPSA) is 519 Å². The zero-order valence-corrected chi connectivity index (χ0v) is 92.6. The van der Waals surface area contributed by atoms with Crippen molar-refractivity contribution in [3.63, 3.8) is 0 Å².